The Balaban J connectivity index is 1.94. The van der Waals surface area contributed by atoms with Crippen LogP contribution < -0.4 is 0 Å². The predicted molar refractivity (Wildman–Crippen MR) is 75.5 cm³/mol. The topological polar surface area (TPSA) is 17.1 Å². The second-order valence-electron chi connectivity index (χ2n) is 4.26. The number of ketones is 1. The van der Waals surface area contributed by atoms with E-state index in [1.54, 1.807) is 30.0 Å². The quantitative estimate of drug-likeness (QED) is 0.737. The number of rotatable bonds is 4. The standard InChI is InChI=1S/C13H14Cl2OS/c14-9-5-6-11(12(15)7-9)13(16)8-17-10-3-1-2-4-10/h5-7,10H,1-4,8H2. The van der Waals surface area contributed by atoms with Crippen LogP contribution in [0.4, 0.5) is 0 Å². The first kappa shape index (κ1) is 13.3. The van der Waals surface area contributed by atoms with Gasteiger partial charge in [-0.05, 0) is 31.0 Å². The summed E-state index contributed by atoms with van der Waals surface area (Å²) in [4.78, 5) is 12.0. The minimum Gasteiger partial charge on any atom is -0.293 e. The molecule has 92 valence electrons. The minimum atomic E-state index is 0.101. The van der Waals surface area contributed by atoms with Gasteiger partial charge in [0.2, 0.25) is 0 Å². The van der Waals surface area contributed by atoms with Gasteiger partial charge in [-0.1, -0.05) is 36.0 Å². The van der Waals surface area contributed by atoms with Crippen molar-refractivity contribution in [2.45, 2.75) is 30.9 Å². The molecule has 4 heteroatoms. The molecule has 0 aromatic heterocycles. The van der Waals surface area contributed by atoms with Gasteiger partial charge in [0.1, 0.15) is 0 Å². The van der Waals surface area contributed by atoms with Crippen molar-refractivity contribution < 1.29 is 4.79 Å². The Labute approximate surface area is 116 Å². The minimum absolute atomic E-state index is 0.101. The lowest BCUT2D eigenvalue weighted by Crippen LogP contribution is -2.07. The maximum atomic E-state index is 12.0. The Morgan fingerprint density at radius 3 is 2.65 bits per heavy atom. The Morgan fingerprint density at radius 2 is 2.00 bits per heavy atom. The van der Waals surface area contributed by atoms with E-state index in [0.717, 1.165) is 0 Å². The molecule has 0 N–H and O–H groups in total. The van der Waals surface area contributed by atoms with Crippen LogP contribution in [0.1, 0.15) is 36.0 Å². The van der Waals surface area contributed by atoms with Gasteiger partial charge in [-0.3, -0.25) is 4.79 Å². The Morgan fingerprint density at radius 1 is 1.29 bits per heavy atom. The molecule has 1 aromatic carbocycles. The molecule has 0 spiro atoms. The van der Waals surface area contributed by atoms with Crippen molar-refractivity contribution in [1.82, 2.24) is 0 Å². The summed E-state index contributed by atoms with van der Waals surface area (Å²) in [5.74, 6) is 0.620. The molecular weight excluding hydrogens is 275 g/mol. The molecule has 2 rings (SSSR count). The normalized spacial score (nSPS) is 16.4. The molecule has 0 amide bonds. The smallest absolute Gasteiger partial charge is 0.174 e. The fourth-order valence-corrected chi connectivity index (χ4v) is 3.77. The van der Waals surface area contributed by atoms with Gasteiger partial charge in [0, 0.05) is 15.8 Å². The number of hydrogen-bond donors (Lipinski definition) is 0. The van der Waals surface area contributed by atoms with Crippen LogP contribution >= 0.6 is 35.0 Å². The van der Waals surface area contributed by atoms with E-state index in [-0.39, 0.29) is 5.78 Å². The van der Waals surface area contributed by atoms with Crippen molar-refractivity contribution in [2.24, 2.45) is 0 Å². The molecule has 1 fully saturated rings. The highest BCUT2D eigenvalue weighted by Crippen LogP contribution is 2.30. The molecule has 0 unspecified atom stereocenters. The van der Waals surface area contributed by atoms with Crippen LogP contribution in [0.15, 0.2) is 18.2 Å². The molecule has 0 bridgehead atoms. The SMILES string of the molecule is O=C(CSC1CCCC1)c1ccc(Cl)cc1Cl. The molecule has 0 radical (unpaired) electrons. The summed E-state index contributed by atoms with van der Waals surface area (Å²) in [5.41, 5.74) is 0.585. The van der Waals surface area contributed by atoms with Crippen LogP contribution in [0.3, 0.4) is 0 Å². The first-order valence-electron chi connectivity index (χ1n) is 5.76. The lowest BCUT2D eigenvalue weighted by Gasteiger charge is -2.08. The third-order valence-electron chi connectivity index (χ3n) is 2.98. The number of hydrogen-bond acceptors (Lipinski definition) is 2. The van der Waals surface area contributed by atoms with E-state index in [0.29, 0.717) is 26.6 Å². The monoisotopic (exact) mass is 288 g/mol. The Kier molecular flexibility index (Phi) is 4.78. The van der Waals surface area contributed by atoms with Crippen LogP contribution in [-0.4, -0.2) is 16.8 Å². The fourth-order valence-electron chi connectivity index (χ4n) is 2.04. The molecule has 1 aliphatic carbocycles. The van der Waals surface area contributed by atoms with Gasteiger partial charge in [0.25, 0.3) is 0 Å². The second kappa shape index (κ2) is 6.12. The molecule has 0 heterocycles. The van der Waals surface area contributed by atoms with Gasteiger partial charge in [0.05, 0.1) is 10.8 Å². The molecule has 0 atom stereocenters. The molecule has 0 saturated heterocycles. The highest BCUT2D eigenvalue weighted by Gasteiger charge is 2.18. The first-order chi connectivity index (χ1) is 8.16. The number of Topliss-reactive ketones (excluding diaryl/α,β-unsaturated/α-hetero) is 1. The van der Waals surface area contributed by atoms with E-state index in [2.05, 4.69) is 0 Å². The molecule has 1 aromatic rings. The van der Waals surface area contributed by atoms with E-state index in [9.17, 15) is 4.79 Å². The second-order valence-corrected chi connectivity index (χ2v) is 6.40. The Hall–Kier alpha value is -0.180. The molecule has 1 saturated carbocycles. The Bertz CT molecular complexity index is 414. The number of benzene rings is 1. The highest BCUT2D eigenvalue weighted by molar-refractivity contribution is 8.00. The van der Waals surface area contributed by atoms with Crippen LogP contribution in [-0.2, 0) is 0 Å². The summed E-state index contributed by atoms with van der Waals surface area (Å²) in [5, 5.41) is 1.68. The lowest BCUT2D eigenvalue weighted by atomic mass is 10.1. The van der Waals surface area contributed by atoms with Gasteiger partial charge in [-0.25, -0.2) is 0 Å². The molecular formula is C13H14Cl2OS. The van der Waals surface area contributed by atoms with E-state index in [1.807, 2.05) is 0 Å². The third-order valence-corrected chi connectivity index (χ3v) is 4.90. The lowest BCUT2D eigenvalue weighted by molar-refractivity contribution is 0.102. The number of carbonyl (C=O) groups excluding carboxylic acids is 1. The van der Waals surface area contributed by atoms with Crippen molar-refractivity contribution in [3.63, 3.8) is 0 Å². The molecule has 0 aliphatic heterocycles. The predicted octanol–water partition coefficient (Wildman–Crippen LogP) is 4.85. The van der Waals surface area contributed by atoms with E-state index in [4.69, 9.17) is 23.2 Å². The van der Waals surface area contributed by atoms with Gasteiger partial charge >= 0.3 is 0 Å². The van der Waals surface area contributed by atoms with Crippen LogP contribution in [0.25, 0.3) is 0 Å². The maximum absolute atomic E-state index is 12.0. The average Bonchev–Trinajstić information content (AvgIpc) is 2.78. The highest BCUT2D eigenvalue weighted by atomic mass is 35.5. The summed E-state index contributed by atoms with van der Waals surface area (Å²) >= 11 is 13.6. The van der Waals surface area contributed by atoms with Crippen molar-refractivity contribution in [2.75, 3.05) is 5.75 Å². The summed E-state index contributed by atoms with van der Waals surface area (Å²) in [6.07, 6.45) is 5.08. The van der Waals surface area contributed by atoms with E-state index in [1.165, 1.54) is 25.7 Å². The van der Waals surface area contributed by atoms with Crippen molar-refractivity contribution >= 4 is 40.7 Å². The first-order valence-corrected chi connectivity index (χ1v) is 7.57. The fraction of sp³-hybridized carbons (Fsp3) is 0.462. The van der Waals surface area contributed by atoms with Gasteiger partial charge in [0.15, 0.2) is 5.78 Å². The zero-order valence-electron chi connectivity index (χ0n) is 9.42. The van der Waals surface area contributed by atoms with Gasteiger partial charge in [-0.15, -0.1) is 0 Å². The van der Waals surface area contributed by atoms with Gasteiger partial charge < -0.3 is 0 Å². The summed E-state index contributed by atoms with van der Waals surface area (Å²) in [7, 11) is 0. The summed E-state index contributed by atoms with van der Waals surface area (Å²) < 4.78 is 0. The van der Waals surface area contributed by atoms with E-state index >= 15 is 0 Å². The van der Waals surface area contributed by atoms with Gasteiger partial charge in [-0.2, -0.15) is 11.8 Å². The van der Waals surface area contributed by atoms with Crippen LogP contribution in [0.2, 0.25) is 10.0 Å². The third kappa shape index (κ3) is 3.64. The number of carbonyl (C=O) groups is 1. The molecule has 17 heavy (non-hydrogen) atoms. The zero-order chi connectivity index (χ0) is 12.3. The van der Waals surface area contributed by atoms with Crippen LogP contribution in [0.5, 0.6) is 0 Å². The average molecular weight is 289 g/mol. The van der Waals surface area contributed by atoms with Crippen molar-refractivity contribution in [1.29, 1.82) is 0 Å². The summed E-state index contributed by atoms with van der Waals surface area (Å²) in [6, 6.07) is 5.04. The van der Waals surface area contributed by atoms with E-state index < -0.39 is 0 Å². The maximum Gasteiger partial charge on any atom is 0.174 e. The number of halogens is 2. The zero-order valence-corrected chi connectivity index (χ0v) is 11.7. The molecule has 1 aliphatic rings. The van der Waals surface area contributed by atoms with Crippen molar-refractivity contribution in [3.8, 4) is 0 Å². The van der Waals surface area contributed by atoms with Crippen molar-refractivity contribution in [3.05, 3.63) is 33.8 Å². The number of thioether (sulfide) groups is 1. The summed E-state index contributed by atoms with van der Waals surface area (Å²) in [6.45, 7) is 0. The molecule has 1 nitrogen and oxygen atoms in total. The van der Waals surface area contributed by atoms with Crippen LogP contribution in [0, 0.1) is 0 Å². The largest absolute Gasteiger partial charge is 0.293 e.